The maximum Gasteiger partial charge on any atom is 0.197 e. The summed E-state index contributed by atoms with van der Waals surface area (Å²) >= 11 is 0. The van der Waals surface area contributed by atoms with Crippen molar-refractivity contribution in [1.82, 2.24) is 0 Å². The number of carboxylic acid groups (broad SMARTS) is 2. The third kappa shape index (κ3) is 9.94. The summed E-state index contributed by atoms with van der Waals surface area (Å²) in [6.07, 6.45) is -4.88. The molecular formula is C20H22N4O6. The summed E-state index contributed by atoms with van der Waals surface area (Å²) < 4.78 is 0. The quantitative estimate of drug-likeness (QED) is 0.378. The molecule has 0 saturated carbocycles. The molecular weight excluding hydrogens is 392 g/mol. The third-order valence-electron chi connectivity index (χ3n) is 3.50. The van der Waals surface area contributed by atoms with E-state index in [4.69, 9.17) is 20.7 Å². The van der Waals surface area contributed by atoms with Gasteiger partial charge < -0.3 is 41.5 Å². The van der Waals surface area contributed by atoms with Crippen LogP contribution >= 0.6 is 0 Å². The Labute approximate surface area is 172 Å². The van der Waals surface area contributed by atoms with E-state index >= 15 is 0 Å². The Morgan fingerprint density at radius 2 is 1.00 bits per heavy atom. The molecule has 0 spiro atoms. The molecule has 2 aromatic carbocycles. The van der Waals surface area contributed by atoms with Crippen LogP contribution < -0.4 is 21.7 Å². The van der Waals surface area contributed by atoms with E-state index in [1.54, 1.807) is 0 Å². The number of quaternary nitrogens is 2. The van der Waals surface area contributed by atoms with Gasteiger partial charge in [-0.25, -0.2) is 0 Å². The van der Waals surface area contributed by atoms with Crippen LogP contribution in [0, 0.1) is 22.7 Å². The van der Waals surface area contributed by atoms with E-state index in [0.29, 0.717) is 0 Å². The predicted octanol–water partition coefficient (Wildman–Crippen LogP) is -3.81. The average Bonchev–Trinajstić information content (AvgIpc) is 2.78. The molecule has 0 aliphatic rings. The van der Waals surface area contributed by atoms with Crippen LogP contribution in [0.25, 0.3) is 0 Å². The van der Waals surface area contributed by atoms with Gasteiger partial charge >= 0.3 is 0 Å². The predicted molar refractivity (Wildman–Crippen MR) is 97.4 cm³/mol. The number of rotatable bonds is 5. The number of benzene rings is 2. The monoisotopic (exact) mass is 414 g/mol. The number of carbonyl (C=O) groups excluding carboxylic acids is 2. The standard InChI is InChI=1S/2C8H8N2.C4H6O6/c2*9-6-8(10)7-4-2-1-3-5-7;5-1(3(7)8)2(6)4(9)10/h2*1-5,8H,10H2;1-2,5-6H,(H,7,8)(H,9,10)/t2*8-;1-,2-/m001/s1. The molecule has 0 unspecified atom stereocenters. The Bertz CT molecular complexity index is 791. The summed E-state index contributed by atoms with van der Waals surface area (Å²) in [6.45, 7) is 0. The fourth-order valence-corrected chi connectivity index (χ4v) is 1.78. The summed E-state index contributed by atoms with van der Waals surface area (Å²) in [5, 5.41) is 52.7. The molecule has 4 atom stereocenters. The van der Waals surface area contributed by atoms with Crippen molar-refractivity contribution in [3.05, 3.63) is 71.8 Å². The minimum atomic E-state index is -2.44. The molecule has 0 heterocycles. The molecule has 0 radical (unpaired) electrons. The van der Waals surface area contributed by atoms with Crippen LogP contribution in [0.2, 0.25) is 0 Å². The number of aliphatic carboxylic acids is 2. The van der Waals surface area contributed by atoms with Crippen LogP contribution in [0.5, 0.6) is 0 Å². The van der Waals surface area contributed by atoms with Crippen molar-refractivity contribution in [3.8, 4) is 12.1 Å². The molecule has 10 nitrogen and oxygen atoms in total. The second-order valence-electron chi connectivity index (χ2n) is 5.71. The van der Waals surface area contributed by atoms with E-state index < -0.39 is 24.1 Å². The number of aliphatic hydroxyl groups excluding tert-OH is 2. The Morgan fingerprint density at radius 3 is 1.20 bits per heavy atom. The summed E-state index contributed by atoms with van der Waals surface area (Å²) in [5.74, 6) is -4.12. The molecule has 0 aromatic heterocycles. The minimum Gasteiger partial charge on any atom is -0.547 e. The lowest BCUT2D eigenvalue weighted by Crippen LogP contribution is -2.52. The van der Waals surface area contributed by atoms with Crippen LogP contribution in [0.15, 0.2) is 60.7 Å². The Morgan fingerprint density at radius 1 is 0.733 bits per heavy atom. The van der Waals surface area contributed by atoms with E-state index in [1.165, 1.54) is 0 Å². The van der Waals surface area contributed by atoms with Gasteiger partial charge in [-0.05, 0) is 0 Å². The van der Waals surface area contributed by atoms with Gasteiger partial charge in [0, 0.05) is 11.1 Å². The molecule has 8 N–H and O–H groups in total. The Hall–Kier alpha value is -3.80. The summed E-state index contributed by atoms with van der Waals surface area (Å²) in [6, 6.07) is 22.8. The van der Waals surface area contributed by atoms with Gasteiger partial charge in [0.05, 0.1) is 11.9 Å². The first kappa shape index (κ1) is 26.2. The molecule has 0 aliphatic heterocycles. The first-order chi connectivity index (χ1) is 14.1. The normalized spacial score (nSPS) is 13.3. The zero-order valence-electron chi connectivity index (χ0n) is 15.9. The van der Waals surface area contributed by atoms with Crippen LogP contribution in [-0.2, 0) is 9.59 Å². The van der Waals surface area contributed by atoms with Crippen molar-refractivity contribution in [1.29, 1.82) is 10.5 Å². The summed E-state index contributed by atoms with van der Waals surface area (Å²) in [7, 11) is 0. The highest BCUT2D eigenvalue weighted by molar-refractivity contribution is 5.80. The van der Waals surface area contributed by atoms with Gasteiger partial charge in [-0.1, -0.05) is 60.7 Å². The van der Waals surface area contributed by atoms with E-state index in [2.05, 4.69) is 23.6 Å². The van der Waals surface area contributed by atoms with Gasteiger partial charge in [-0.3, -0.25) is 0 Å². The van der Waals surface area contributed by atoms with Gasteiger partial charge in [0.25, 0.3) is 0 Å². The van der Waals surface area contributed by atoms with Crippen LogP contribution in [-0.4, -0.2) is 34.4 Å². The lowest BCUT2D eigenvalue weighted by atomic mass is 10.1. The molecule has 0 amide bonds. The second-order valence-corrected chi connectivity index (χ2v) is 5.71. The van der Waals surface area contributed by atoms with Crippen LogP contribution in [0.1, 0.15) is 23.2 Å². The Balaban J connectivity index is 0.000000420. The molecule has 0 fully saturated rings. The summed E-state index contributed by atoms with van der Waals surface area (Å²) in [5.41, 5.74) is 9.28. The molecule has 0 aliphatic carbocycles. The molecule has 10 heteroatoms. The van der Waals surface area contributed by atoms with Gasteiger partial charge in [-0.15, -0.1) is 0 Å². The van der Waals surface area contributed by atoms with Crippen molar-refractivity contribution in [3.63, 3.8) is 0 Å². The molecule has 2 aromatic rings. The number of aliphatic hydroxyl groups is 2. The minimum absolute atomic E-state index is 0.235. The lowest BCUT2D eigenvalue weighted by Gasteiger charge is -2.18. The van der Waals surface area contributed by atoms with Crippen LogP contribution in [0.4, 0.5) is 0 Å². The number of hydrogen-bond acceptors (Lipinski definition) is 8. The first-order valence-corrected chi connectivity index (χ1v) is 8.48. The van der Waals surface area contributed by atoms with E-state index in [1.807, 2.05) is 60.7 Å². The molecule has 158 valence electrons. The maximum absolute atomic E-state index is 9.63. The van der Waals surface area contributed by atoms with E-state index in [0.717, 1.165) is 11.1 Å². The van der Waals surface area contributed by atoms with Gasteiger partial charge in [0.15, 0.2) is 12.1 Å². The van der Waals surface area contributed by atoms with E-state index in [-0.39, 0.29) is 12.1 Å². The van der Waals surface area contributed by atoms with E-state index in [9.17, 15) is 19.8 Å². The number of hydrogen-bond donors (Lipinski definition) is 4. The summed E-state index contributed by atoms with van der Waals surface area (Å²) in [4.78, 5) is 19.3. The smallest absolute Gasteiger partial charge is 0.197 e. The fourth-order valence-electron chi connectivity index (χ4n) is 1.78. The van der Waals surface area contributed by atoms with Crippen LogP contribution in [0.3, 0.4) is 0 Å². The molecule has 0 saturated heterocycles. The second kappa shape index (κ2) is 14.2. The number of carbonyl (C=O) groups is 2. The maximum atomic E-state index is 9.63. The highest BCUT2D eigenvalue weighted by Gasteiger charge is 2.17. The van der Waals surface area contributed by atoms with Crippen molar-refractivity contribution in [2.75, 3.05) is 0 Å². The molecule has 0 bridgehead atoms. The van der Waals surface area contributed by atoms with Crippen molar-refractivity contribution in [2.45, 2.75) is 24.3 Å². The highest BCUT2D eigenvalue weighted by Crippen LogP contribution is 2.05. The van der Waals surface area contributed by atoms with Gasteiger partial charge in [0.2, 0.25) is 0 Å². The van der Waals surface area contributed by atoms with Gasteiger partial charge in [-0.2, -0.15) is 10.5 Å². The third-order valence-corrected chi connectivity index (χ3v) is 3.50. The number of nitrogens with zero attached hydrogens (tertiary/aromatic N) is 2. The first-order valence-electron chi connectivity index (χ1n) is 8.48. The molecule has 2 rings (SSSR count). The number of nitriles is 2. The largest absolute Gasteiger partial charge is 0.547 e. The zero-order chi connectivity index (χ0) is 23.1. The highest BCUT2D eigenvalue weighted by atomic mass is 16.4. The lowest BCUT2D eigenvalue weighted by molar-refractivity contribution is -0.406. The van der Waals surface area contributed by atoms with Gasteiger partial charge in [0.1, 0.15) is 24.3 Å². The number of carboxylic acids is 2. The molecule has 30 heavy (non-hydrogen) atoms. The van der Waals surface area contributed by atoms with Crippen molar-refractivity contribution >= 4 is 11.9 Å². The topological polar surface area (TPSA) is 224 Å². The zero-order valence-corrected chi connectivity index (χ0v) is 15.9. The fraction of sp³-hybridized carbons (Fsp3) is 0.200. The average molecular weight is 414 g/mol. The SMILES string of the molecule is N#C[C@H]([NH3+])c1ccccc1.N#C[C@H]([NH3+])c1ccccc1.O=C([O-])[C@H](O)[C@@H](O)C(=O)[O-]. The van der Waals surface area contributed by atoms with Crippen molar-refractivity contribution < 1.29 is 41.5 Å². The Kier molecular flexibility index (Phi) is 12.4. The van der Waals surface area contributed by atoms with Crippen molar-refractivity contribution in [2.24, 2.45) is 0 Å².